The van der Waals surface area contributed by atoms with Crippen molar-refractivity contribution in [2.24, 2.45) is 0 Å². The van der Waals surface area contributed by atoms with Crippen molar-refractivity contribution in [2.75, 3.05) is 25.0 Å². The molecule has 0 aliphatic carbocycles. The molecule has 1 aromatic rings. The summed E-state index contributed by atoms with van der Waals surface area (Å²) in [7, 11) is -3.57. The molecule has 0 unspecified atom stereocenters. The smallest absolute Gasteiger partial charge is 0.262 e. The van der Waals surface area contributed by atoms with E-state index in [1.165, 1.54) is 16.4 Å². The van der Waals surface area contributed by atoms with Crippen molar-refractivity contribution < 1.29 is 17.9 Å². The molecule has 0 fully saturated rings. The molecule has 0 saturated carbocycles. The summed E-state index contributed by atoms with van der Waals surface area (Å²) in [6, 6.07) is 4.61. The van der Waals surface area contributed by atoms with E-state index in [1.54, 1.807) is 6.07 Å². The Hall–Kier alpha value is -1.60. The van der Waals surface area contributed by atoms with Crippen molar-refractivity contribution in [3.63, 3.8) is 0 Å². The molecule has 1 aliphatic rings. The van der Waals surface area contributed by atoms with E-state index in [1.807, 2.05) is 13.8 Å². The monoisotopic (exact) mass is 340 g/mol. The minimum absolute atomic E-state index is 0.0434. The van der Waals surface area contributed by atoms with Gasteiger partial charge in [-0.1, -0.05) is 26.7 Å². The number of fused-ring (bicyclic) bond motifs is 1. The molecule has 0 aromatic heterocycles. The highest BCUT2D eigenvalue weighted by molar-refractivity contribution is 7.89. The lowest BCUT2D eigenvalue weighted by Gasteiger charge is -2.23. The van der Waals surface area contributed by atoms with Crippen molar-refractivity contribution in [1.29, 1.82) is 0 Å². The molecule has 1 amide bonds. The molecule has 6 nitrogen and oxygen atoms in total. The first kappa shape index (κ1) is 17.7. The molecule has 128 valence electrons. The molecule has 7 heteroatoms. The number of nitrogens with one attached hydrogen (secondary N) is 1. The zero-order valence-electron chi connectivity index (χ0n) is 13.7. The Balaban J connectivity index is 2.28. The standard InChI is InChI=1S/C16H24N2O4S/c1-3-5-9-18(10-6-4-2)23(20,21)13-7-8-15-14(11-13)17-16(19)12-22-15/h7-8,11H,3-6,9-10,12H2,1-2H3,(H,17,19). The third-order valence-corrected chi connectivity index (χ3v) is 5.64. The van der Waals surface area contributed by atoms with Gasteiger partial charge >= 0.3 is 0 Å². The lowest BCUT2D eigenvalue weighted by atomic mass is 10.2. The second-order valence-electron chi connectivity index (χ2n) is 5.61. The number of unbranched alkanes of at least 4 members (excludes halogenated alkanes) is 2. The van der Waals surface area contributed by atoms with Crippen molar-refractivity contribution in [3.8, 4) is 5.75 Å². The number of rotatable bonds is 8. The third-order valence-electron chi connectivity index (χ3n) is 3.74. The molecule has 0 atom stereocenters. The molecule has 0 spiro atoms. The maximum atomic E-state index is 12.9. The fraction of sp³-hybridized carbons (Fsp3) is 0.562. The maximum absolute atomic E-state index is 12.9. The first-order valence-electron chi connectivity index (χ1n) is 8.06. The van der Waals surface area contributed by atoms with E-state index in [-0.39, 0.29) is 17.4 Å². The third kappa shape index (κ3) is 4.23. The molecule has 2 rings (SSSR count). The summed E-state index contributed by atoms with van der Waals surface area (Å²) in [5, 5.41) is 2.65. The molecule has 23 heavy (non-hydrogen) atoms. The summed E-state index contributed by atoms with van der Waals surface area (Å²) in [6.45, 7) is 5.06. The van der Waals surface area contributed by atoms with Crippen molar-refractivity contribution in [3.05, 3.63) is 18.2 Å². The number of hydrogen-bond donors (Lipinski definition) is 1. The molecule has 1 aromatic carbocycles. The van der Waals surface area contributed by atoms with Crippen molar-refractivity contribution in [2.45, 2.75) is 44.4 Å². The van der Waals surface area contributed by atoms with Crippen LogP contribution in [0.4, 0.5) is 5.69 Å². The van der Waals surface area contributed by atoms with E-state index >= 15 is 0 Å². The Labute approximate surface area is 137 Å². The number of hydrogen-bond acceptors (Lipinski definition) is 4. The van der Waals surface area contributed by atoms with E-state index in [0.29, 0.717) is 24.5 Å². The molecule has 1 aliphatic heterocycles. The minimum Gasteiger partial charge on any atom is -0.482 e. The van der Waals surface area contributed by atoms with Crippen LogP contribution in [0.1, 0.15) is 39.5 Å². The number of anilines is 1. The zero-order chi connectivity index (χ0) is 16.9. The van der Waals surface area contributed by atoms with Gasteiger partial charge in [0.05, 0.1) is 10.6 Å². The highest BCUT2D eigenvalue weighted by Gasteiger charge is 2.26. The lowest BCUT2D eigenvalue weighted by Crippen LogP contribution is -2.33. The van der Waals surface area contributed by atoms with E-state index in [0.717, 1.165) is 25.7 Å². The van der Waals surface area contributed by atoms with Gasteiger partial charge < -0.3 is 10.1 Å². The van der Waals surface area contributed by atoms with E-state index in [9.17, 15) is 13.2 Å². The van der Waals surface area contributed by atoms with Crippen LogP contribution in [0.5, 0.6) is 5.75 Å². The first-order valence-corrected chi connectivity index (χ1v) is 9.50. The van der Waals surface area contributed by atoms with Crippen LogP contribution in [0.15, 0.2) is 23.1 Å². The van der Waals surface area contributed by atoms with Gasteiger partial charge in [0.2, 0.25) is 10.0 Å². The SMILES string of the molecule is CCCCN(CCCC)S(=O)(=O)c1ccc2c(c1)NC(=O)CO2. The zero-order valence-corrected chi connectivity index (χ0v) is 14.5. The number of benzene rings is 1. The molecular weight excluding hydrogens is 316 g/mol. The van der Waals surface area contributed by atoms with Crippen LogP contribution in [0, 0.1) is 0 Å². The van der Waals surface area contributed by atoms with Crippen LogP contribution in [-0.4, -0.2) is 38.3 Å². The Morgan fingerprint density at radius 1 is 1.17 bits per heavy atom. The van der Waals surface area contributed by atoms with Crippen molar-refractivity contribution in [1.82, 2.24) is 4.31 Å². The Kier molecular flexibility index (Phi) is 6.01. The quantitative estimate of drug-likeness (QED) is 0.789. The predicted octanol–water partition coefficient (Wildman–Crippen LogP) is 2.61. The van der Waals surface area contributed by atoms with Gasteiger partial charge in [-0.3, -0.25) is 4.79 Å². The summed E-state index contributed by atoms with van der Waals surface area (Å²) in [5.74, 6) is 0.220. The largest absolute Gasteiger partial charge is 0.482 e. The number of amides is 1. The highest BCUT2D eigenvalue weighted by atomic mass is 32.2. The summed E-state index contributed by atoms with van der Waals surface area (Å²) in [6.07, 6.45) is 3.53. The Morgan fingerprint density at radius 2 is 1.83 bits per heavy atom. The van der Waals surface area contributed by atoms with Crippen LogP contribution in [0.3, 0.4) is 0 Å². The van der Waals surface area contributed by atoms with Gasteiger partial charge in [0.25, 0.3) is 5.91 Å². The molecule has 0 bridgehead atoms. The minimum atomic E-state index is -3.57. The predicted molar refractivity (Wildman–Crippen MR) is 89.1 cm³/mol. The van der Waals surface area contributed by atoms with Crippen LogP contribution in [0.25, 0.3) is 0 Å². The fourth-order valence-corrected chi connectivity index (χ4v) is 3.94. The number of carbonyl (C=O) groups is 1. The maximum Gasteiger partial charge on any atom is 0.262 e. The fourth-order valence-electron chi connectivity index (χ4n) is 2.39. The summed E-state index contributed by atoms with van der Waals surface area (Å²) < 4.78 is 32.6. The van der Waals surface area contributed by atoms with Gasteiger partial charge in [-0.05, 0) is 31.0 Å². The van der Waals surface area contributed by atoms with Gasteiger partial charge in [-0.15, -0.1) is 0 Å². The number of nitrogens with zero attached hydrogens (tertiary/aromatic N) is 1. The first-order chi connectivity index (χ1) is 11.0. The van der Waals surface area contributed by atoms with Crippen LogP contribution in [-0.2, 0) is 14.8 Å². The summed E-state index contributed by atoms with van der Waals surface area (Å²) >= 11 is 0. The van der Waals surface area contributed by atoms with Crippen LogP contribution < -0.4 is 10.1 Å². The topological polar surface area (TPSA) is 75.7 Å². The van der Waals surface area contributed by atoms with E-state index in [4.69, 9.17) is 4.74 Å². The average molecular weight is 340 g/mol. The molecule has 1 heterocycles. The normalized spacial score (nSPS) is 14.3. The molecular formula is C16H24N2O4S. The molecule has 1 N–H and O–H groups in total. The second-order valence-corrected chi connectivity index (χ2v) is 7.54. The van der Waals surface area contributed by atoms with E-state index in [2.05, 4.69) is 5.32 Å². The molecule has 0 radical (unpaired) electrons. The van der Waals surface area contributed by atoms with Gasteiger partial charge in [0, 0.05) is 13.1 Å². The van der Waals surface area contributed by atoms with Gasteiger partial charge in [-0.25, -0.2) is 8.42 Å². The lowest BCUT2D eigenvalue weighted by molar-refractivity contribution is -0.118. The Morgan fingerprint density at radius 3 is 2.43 bits per heavy atom. The average Bonchev–Trinajstić information content (AvgIpc) is 2.54. The van der Waals surface area contributed by atoms with Gasteiger partial charge in [-0.2, -0.15) is 4.31 Å². The summed E-state index contributed by atoms with van der Waals surface area (Å²) in [4.78, 5) is 11.6. The van der Waals surface area contributed by atoms with Crippen molar-refractivity contribution >= 4 is 21.6 Å². The number of carbonyl (C=O) groups excluding carboxylic acids is 1. The second kappa shape index (κ2) is 7.79. The Bertz CT molecular complexity index is 650. The van der Waals surface area contributed by atoms with Crippen LogP contribution in [0.2, 0.25) is 0 Å². The van der Waals surface area contributed by atoms with Crippen LogP contribution >= 0.6 is 0 Å². The van der Waals surface area contributed by atoms with E-state index < -0.39 is 10.0 Å². The molecule has 0 saturated heterocycles. The number of sulfonamides is 1. The summed E-state index contributed by atoms with van der Waals surface area (Å²) in [5.41, 5.74) is 0.410. The number of ether oxygens (including phenoxy) is 1. The highest BCUT2D eigenvalue weighted by Crippen LogP contribution is 2.31. The van der Waals surface area contributed by atoms with Gasteiger partial charge in [0.15, 0.2) is 6.61 Å². The van der Waals surface area contributed by atoms with Gasteiger partial charge in [0.1, 0.15) is 5.75 Å².